The van der Waals surface area contributed by atoms with Gasteiger partial charge in [-0.3, -0.25) is 9.78 Å². The summed E-state index contributed by atoms with van der Waals surface area (Å²) in [7, 11) is 0. The molecule has 8 heteroatoms. The Morgan fingerprint density at radius 3 is 2.84 bits per heavy atom. The van der Waals surface area contributed by atoms with Crippen LogP contribution >= 0.6 is 0 Å². The van der Waals surface area contributed by atoms with E-state index in [1.54, 1.807) is 24.0 Å². The Morgan fingerprint density at radius 2 is 2.21 bits per heavy atom. The third-order valence-corrected chi connectivity index (χ3v) is 2.74. The molecule has 0 spiro atoms. The van der Waals surface area contributed by atoms with Gasteiger partial charge in [-0.15, -0.1) is 5.10 Å². The average molecular weight is 262 g/mol. The van der Waals surface area contributed by atoms with Crippen molar-refractivity contribution in [3.63, 3.8) is 0 Å². The lowest BCUT2D eigenvalue weighted by molar-refractivity contribution is -0.141. The Bertz CT molecular complexity index is 565. The molecule has 19 heavy (non-hydrogen) atoms. The first-order valence-corrected chi connectivity index (χ1v) is 5.86. The monoisotopic (exact) mass is 262 g/mol. The third-order valence-electron chi connectivity index (χ3n) is 2.74. The highest BCUT2D eigenvalue weighted by atomic mass is 16.4. The standard InChI is InChI=1S/C11H14N6O2/c1-7(11(18)19)3-4-17-10(14-15-16-17)9-6-12-8(2)5-13-9/h5-7H,3-4H2,1-2H3,(H,18,19). The summed E-state index contributed by atoms with van der Waals surface area (Å²) < 4.78 is 1.54. The third kappa shape index (κ3) is 3.09. The van der Waals surface area contributed by atoms with Gasteiger partial charge in [0.25, 0.3) is 0 Å². The molecule has 0 radical (unpaired) electrons. The molecule has 2 aromatic heterocycles. The minimum atomic E-state index is -0.829. The van der Waals surface area contributed by atoms with Crippen molar-refractivity contribution in [2.24, 2.45) is 5.92 Å². The summed E-state index contributed by atoms with van der Waals surface area (Å²) in [6.45, 7) is 3.91. The number of hydrogen-bond donors (Lipinski definition) is 1. The smallest absolute Gasteiger partial charge is 0.306 e. The van der Waals surface area contributed by atoms with Gasteiger partial charge < -0.3 is 5.11 Å². The van der Waals surface area contributed by atoms with E-state index in [0.717, 1.165) is 5.69 Å². The SMILES string of the molecule is Cc1cnc(-c2nnnn2CCC(C)C(=O)O)cn1. The van der Waals surface area contributed by atoms with E-state index in [9.17, 15) is 4.79 Å². The van der Waals surface area contributed by atoms with E-state index in [1.807, 2.05) is 6.92 Å². The van der Waals surface area contributed by atoms with Crippen LogP contribution in [-0.2, 0) is 11.3 Å². The van der Waals surface area contributed by atoms with Crippen LogP contribution in [0.1, 0.15) is 19.0 Å². The van der Waals surface area contributed by atoms with Gasteiger partial charge in [0.15, 0.2) is 0 Å². The Hall–Kier alpha value is -2.38. The van der Waals surface area contributed by atoms with Gasteiger partial charge in [-0.25, -0.2) is 9.67 Å². The second-order valence-electron chi connectivity index (χ2n) is 4.30. The molecule has 1 N–H and O–H groups in total. The summed E-state index contributed by atoms with van der Waals surface area (Å²) >= 11 is 0. The molecule has 0 fully saturated rings. The van der Waals surface area contributed by atoms with Gasteiger partial charge in [-0.2, -0.15) is 0 Å². The molecule has 2 rings (SSSR count). The largest absolute Gasteiger partial charge is 0.481 e. The van der Waals surface area contributed by atoms with Crippen LogP contribution in [0.5, 0.6) is 0 Å². The van der Waals surface area contributed by atoms with Gasteiger partial charge in [0.05, 0.1) is 17.8 Å². The van der Waals surface area contributed by atoms with Crippen LogP contribution in [0.25, 0.3) is 11.5 Å². The van der Waals surface area contributed by atoms with Crippen LogP contribution in [0.2, 0.25) is 0 Å². The van der Waals surface area contributed by atoms with Gasteiger partial charge in [-0.05, 0) is 23.8 Å². The second kappa shape index (κ2) is 5.51. The Morgan fingerprint density at radius 1 is 1.42 bits per heavy atom. The Labute approximate surface area is 109 Å². The zero-order valence-electron chi connectivity index (χ0n) is 10.7. The molecule has 0 amide bonds. The zero-order valence-corrected chi connectivity index (χ0v) is 10.7. The molecule has 1 atom stereocenters. The molecule has 2 heterocycles. The number of rotatable bonds is 5. The maximum Gasteiger partial charge on any atom is 0.306 e. The summed E-state index contributed by atoms with van der Waals surface area (Å²) in [5.41, 5.74) is 1.38. The maximum atomic E-state index is 10.8. The number of aromatic nitrogens is 6. The highest BCUT2D eigenvalue weighted by molar-refractivity contribution is 5.69. The molecule has 0 aromatic carbocycles. The number of tetrazole rings is 1. The molecule has 0 saturated carbocycles. The van der Waals surface area contributed by atoms with Crippen molar-refractivity contribution in [1.82, 2.24) is 30.2 Å². The van der Waals surface area contributed by atoms with Gasteiger partial charge in [0.2, 0.25) is 5.82 Å². The highest BCUT2D eigenvalue weighted by Gasteiger charge is 2.14. The number of hydrogen-bond acceptors (Lipinski definition) is 6. The van der Waals surface area contributed by atoms with Crippen LogP contribution in [-0.4, -0.2) is 41.3 Å². The van der Waals surface area contributed by atoms with E-state index >= 15 is 0 Å². The van der Waals surface area contributed by atoms with Crippen molar-refractivity contribution in [2.45, 2.75) is 26.8 Å². The lowest BCUT2D eigenvalue weighted by atomic mass is 10.1. The van der Waals surface area contributed by atoms with Crippen LogP contribution in [0, 0.1) is 12.8 Å². The van der Waals surface area contributed by atoms with E-state index in [2.05, 4.69) is 25.5 Å². The van der Waals surface area contributed by atoms with E-state index in [4.69, 9.17) is 5.11 Å². The Kier molecular flexibility index (Phi) is 3.79. The van der Waals surface area contributed by atoms with Gasteiger partial charge >= 0.3 is 5.97 Å². The maximum absolute atomic E-state index is 10.8. The molecular weight excluding hydrogens is 248 g/mol. The van der Waals surface area contributed by atoms with E-state index in [1.165, 1.54) is 0 Å². The number of carboxylic acids is 1. The molecule has 0 aliphatic rings. The lowest BCUT2D eigenvalue weighted by Gasteiger charge is -2.07. The summed E-state index contributed by atoms with van der Waals surface area (Å²) in [4.78, 5) is 19.1. The molecule has 8 nitrogen and oxygen atoms in total. The quantitative estimate of drug-likeness (QED) is 0.838. The predicted octanol–water partition coefficient (Wildman–Crippen LogP) is 0.549. The fourth-order valence-corrected chi connectivity index (χ4v) is 1.49. The molecule has 2 aromatic rings. The van der Waals surface area contributed by atoms with Crippen molar-refractivity contribution >= 4 is 5.97 Å². The minimum absolute atomic E-state index is 0.422. The second-order valence-corrected chi connectivity index (χ2v) is 4.30. The molecule has 1 unspecified atom stereocenters. The van der Waals surface area contributed by atoms with Gasteiger partial charge in [-0.1, -0.05) is 6.92 Å². The van der Waals surface area contributed by atoms with Crippen LogP contribution in [0.15, 0.2) is 12.4 Å². The summed E-state index contributed by atoms with van der Waals surface area (Å²) in [6.07, 6.45) is 3.68. The van der Waals surface area contributed by atoms with Crippen molar-refractivity contribution in [1.29, 1.82) is 0 Å². The minimum Gasteiger partial charge on any atom is -0.481 e. The van der Waals surface area contributed by atoms with Crippen molar-refractivity contribution in [2.75, 3.05) is 0 Å². The molecular formula is C11H14N6O2. The fourth-order valence-electron chi connectivity index (χ4n) is 1.49. The normalized spacial score (nSPS) is 12.3. The number of carboxylic acid groups (broad SMARTS) is 1. The van der Waals surface area contributed by atoms with Crippen molar-refractivity contribution in [3.05, 3.63) is 18.1 Å². The molecule has 0 bridgehead atoms. The molecule has 0 aliphatic carbocycles. The van der Waals surface area contributed by atoms with Gasteiger partial charge in [0.1, 0.15) is 5.69 Å². The summed E-state index contributed by atoms with van der Waals surface area (Å²) in [5.74, 6) is -0.781. The van der Waals surface area contributed by atoms with E-state index < -0.39 is 11.9 Å². The average Bonchev–Trinajstić information content (AvgIpc) is 2.85. The van der Waals surface area contributed by atoms with Crippen molar-refractivity contribution < 1.29 is 9.90 Å². The summed E-state index contributed by atoms with van der Waals surface area (Å²) in [5, 5.41) is 20.2. The van der Waals surface area contributed by atoms with Crippen molar-refractivity contribution in [3.8, 4) is 11.5 Å². The first-order valence-electron chi connectivity index (χ1n) is 5.86. The van der Waals surface area contributed by atoms with Crippen LogP contribution < -0.4 is 0 Å². The highest BCUT2D eigenvalue weighted by Crippen LogP contribution is 2.13. The van der Waals surface area contributed by atoms with E-state index in [0.29, 0.717) is 24.5 Å². The first kappa shape index (κ1) is 13.1. The number of nitrogens with zero attached hydrogens (tertiary/aromatic N) is 6. The Balaban J connectivity index is 2.14. The number of aryl methyl sites for hydroxylation is 2. The fraction of sp³-hybridized carbons (Fsp3) is 0.455. The first-order chi connectivity index (χ1) is 9.08. The molecule has 0 aliphatic heterocycles. The van der Waals surface area contributed by atoms with E-state index in [-0.39, 0.29) is 0 Å². The van der Waals surface area contributed by atoms with Gasteiger partial charge in [0, 0.05) is 12.7 Å². The zero-order chi connectivity index (χ0) is 13.8. The molecule has 0 saturated heterocycles. The topological polar surface area (TPSA) is 107 Å². The number of aliphatic carboxylic acids is 1. The van der Waals surface area contributed by atoms with Crippen LogP contribution in [0.3, 0.4) is 0 Å². The lowest BCUT2D eigenvalue weighted by Crippen LogP contribution is -2.14. The van der Waals surface area contributed by atoms with Crippen LogP contribution in [0.4, 0.5) is 0 Å². The predicted molar refractivity (Wildman–Crippen MR) is 65.0 cm³/mol. The number of carbonyl (C=O) groups is 1. The molecule has 100 valence electrons. The summed E-state index contributed by atoms with van der Waals surface area (Å²) in [6, 6.07) is 0.